The maximum Gasteiger partial charge on any atom is 0.0942 e. The van der Waals surface area contributed by atoms with E-state index in [0.29, 0.717) is 0 Å². The number of hydrogen-bond donors (Lipinski definition) is 1. The van der Waals surface area contributed by atoms with Crippen molar-refractivity contribution < 1.29 is 5.11 Å². The van der Waals surface area contributed by atoms with E-state index in [0.717, 1.165) is 5.56 Å². The van der Waals surface area contributed by atoms with Gasteiger partial charge in [-0.25, -0.2) is 0 Å². The molecule has 16 heavy (non-hydrogen) atoms. The molecule has 1 N–H and O–H groups in total. The lowest BCUT2D eigenvalue weighted by Crippen LogP contribution is -2.46. The second kappa shape index (κ2) is 4.98. The molecule has 0 fully saturated rings. The summed E-state index contributed by atoms with van der Waals surface area (Å²) >= 11 is 0. The summed E-state index contributed by atoms with van der Waals surface area (Å²) < 4.78 is 0. The van der Waals surface area contributed by atoms with Crippen LogP contribution in [0.3, 0.4) is 0 Å². The van der Waals surface area contributed by atoms with E-state index in [-0.39, 0.29) is 11.6 Å². The van der Waals surface area contributed by atoms with Crippen LogP contribution in [0.4, 0.5) is 0 Å². The molecule has 1 aromatic rings. The van der Waals surface area contributed by atoms with Gasteiger partial charge in [0.15, 0.2) is 0 Å². The van der Waals surface area contributed by atoms with Crippen LogP contribution in [0.5, 0.6) is 0 Å². The molecule has 2 atom stereocenters. The highest BCUT2D eigenvalue weighted by molar-refractivity contribution is 5.18. The molecule has 0 radical (unpaired) electrons. The molecule has 0 aliphatic rings. The fourth-order valence-electron chi connectivity index (χ4n) is 1.75. The summed E-state index contributed by atoms with van der Waals surface area (Å²) in [6.45, 7) is 8.52. The third-order valence-corrected chi connectivity index (χ3v) is 3.27. The Morgan fingerprint density at radius 1 is 1.12 bits per heavy atom. The number of nitrogens with zero attached hydrogens (tertiary/aromatic N) is 1. The minimum absolute atomic E-state index is 0.0647. The first-order valence-corrected chi connectivity index (χ1v) is 5.80. The Hall–Kier alpha value is -0.860. The molecule has 0 spiro atoms. The van der Waals surface area contributed by atoms with E-state index >= 15 is 0 Å². The number of rotatable bonds is 3. The van der Waals surface area contributed by atoms with Crippen LogP contribution in [-0.4, -0.2) is 28.6 Å². The molecule has 0 amide bonds. The second-order valence-corrected chi connectivity index (χ2v) is 5.38. The van der Waals surface area contributed by atoms with Gasteiger partial charge in [-0.3, -0.25) is 4.90 Å². The molecule has 2 nitrogen and oxygen atoms in total. The van der Waals surface area contributed by atoms with E-state index in [1.54, 1.807) is 0 Å². The number of aliphatic hydroxyl groups excluding tert-OH is 1. The third kappa shape index (κ3) is 3.06. The molecule has 0 saturated heterocycles. The van der Waals surface area contributed by atoms with E-state index < -0.39 is 6.10 Å². The van der Waals surface area contributed by atoms with Crippen LogP contribution in [0.15, 0.2) is 30.3 Å². The maximum absolute atomic E-state index is 10.3. The van der Waals surface area contributed by atoms with E-state index in [1.807, 2.05) is 30.3 Å². The molecule has 0 saturated carbocycles. The van der Waals surface area contributed by atoms with Crippen molar-refractivity contribution in [2.45, 2.75) is 45.4 Å². The molecular weight excluding hydrogens is 198 g/mol. The normalized spacial score (nSPS) is 16.2. The average Bonchev–Trinajstić information content (AvgIpc) is 2.26. The molecule has 2 heteroatoms. The van der Waals surface area contributed by atoms with Gasteiger partial charge in [-0.15, -0.1) is 0 Å². The van der Waals surface area contributed by atoms with Crippen molar-refractivity contribution in [3.63, 3.8) is 0 Å². The van der Waals surface area contributed by atoms with Crippen molar-refractivity contribution in [2.75, 3.05) is 7.05 Å². The highest BCUT2D eigenvalue weighted by Crippen LogP contribution is 2.24. The van der Waals surface area contributed by atoms with Crippen LogP contribution in [0.2, 0.25) is 0 Å². The van der Waals surface area contributed by atoms with Gasteiger partial charge in [0.25, 0.3) is 0 Å². The third-order valence-electron chi connectivity index (χ3n) is 3.27. The largest absolute Gasteiger partial charge is 0.387 e. The lowest BCUT2D eigenvalue weighted by atomic mass is 9.98. The Morgan fingerprint density at radius 3 is 2.06 bits per heavy atom. The predicted octanol–water partition coefficient (Wildman–Crippen LogP) is 2.84. The summed E-state index contributed by atoms with van der Waals surface area (Å²) in [6, 6.07) is 9.93. The monoisotopic (exact) mass is 221 g/mol. The predicted molar refractivity (Wildman–Crippen MR) is 68.4 cm³/mol. The molecule has 0 bridgehead atoms. The summed E-state index contributed by atoms with van der Waals surface area (Å²) in [6.07, 6.45) is -0.439. The van der Waals surface area contributed by atoms with Crippen LogP contribution >= 0.6 is 0 Å². The highest BCUT2D eigenvalue weighted by Gasteiger charge is 2.27. The van der Waals surface area contributed by atoms with Crippen LogP contribution < -0.4 is 0 Å². The first-order chi connectivity index (χ1) is 7.34. The summed E-state index contributed by atoms with van der Waals surface area (Å²) in [5.74, 6) is 0. The molecule has 1 aromatic carbocycles. The number of aliphatic hydroxyl groups is 1. The number of benzene rings is 1. The lowest BCUT2D eigenvalue weighted by Gasteiger charge is -2.39. The topological polar surface area (TPSA) is 23.5 Å². The van der Waals surface area contributed by atoms with Crippen molar-refractivity contribution in [1.29, 1.82) is 0 Å². The zero-order chi connectivity index (χ0) is 12.3. The van der Waals surface area contributed by atoms with Gasteiger partial charge in [0.05, 0.1) is 6.10 Å². The summed E-state index contributed by atoms with van der Waals surface area (Å²) in [7, 11) is 2.05. The van der Waals surface area contributed by atoms with Gasteiger partial charge in [0.1, 0.15) is 0 Å². The molecule has 0 aliphatic carbocycles. The summed E-state index contributed by atoms with van der Waals surface area (Å²) in [5, 5.41) is 10.3. The van der Waals surface area contributed by atoms with Gasteiger partial charge < -0.3 is 5.11 Å². The molecule has 90 valence electrons. The Labute approximate surface area is 98.9 Å². The number of likely N-dealkylation sites (N-methyl/N-ethyl adjacent to an activating group) is 1. The second-order valence-electron chi connectivity index (χ2n) is 5.38. The number of hydrogen-bond acceptors (Lipinski definition) is 2. The molecule has 0 aliphatic heterocycles. The molecule has 1 rings (SSSR count). The van der Waals surface area contributed by atoms with Gasteiger partial charge >= 0.3 is 0 Å². The summed E-state index contributed by atoms with van der Waals surface area (Å²) in [4.78, 5) is 2.20. The van der Waals surface area contributed by atoms with Crippen molar-refractivity contribution in [3.05, 3.63) is 35.9 Å². The smallest absolute Gasteiger partial charge is 0.0942 e. The van der Waals surface area contributed by atoms with Crippen LogP contribution in [0, 0.1) is 0 Å². The minimum Gasteiger partial charge on any atom is -0.387 e. The van der Waals surface area contributed by atoms with Crippen LogP contribution in [-0.2, 0) is 0 Å². The fraction of sp³-hybridized carbons (Fsp3) is 0.571. The Morgan fingerprint density at radius 2 is 1.62 bits per heavy atom. The minimum atomic E-state index is -0.439. The quantitative estimate of drug-likeness (QED) is 0.848. The SMILES string of the molecule is C[C@@H]([C@H](O)c1ccccc1)N(C)C(C)(C)C. The van der Waals surface area contributed by atoms with Crippen molar-refractivity contribution in [1.82, 2.24) is 4.90 Å². The van der Waals surface area contributed by atoms with Gasteiger partial charge in [-0.2, -0.15) is 0 Å². The molecule has 0 heterocycles. The fourth-order valence-corrected chi connectivity index (χ4v) is 1.75. The van der Waals surface area contributed by atoms with Crippen LogP contribution in [0.1, 0.15) is 39.4 Å². The van der Waals surface area contributed by atoms with Gasteiger partial charge in [-0.05, 0) is 40.3 Å². The Bertz CT molecular complexity index is 315. The standard InChI is InChI=1S/C14H23NO/c1-11(15(5)14(2,3)4)13(16)12-9-7-6-8-10-12/h6-11,13,16H,1-5H3/t11-,13-/m0/s1. The Kier molecular flexibility index (Phi) is 4.11. The zero-order valence-electron chi connectivity index (χ0n) is 10.9. The highest BCUT2D eigenvalue weighted by atomic mass is 16.3. The van der Waals surface area contributed by atoms with Gasteiger partial charge in [0.2, 0.25) is 0 Å². The van der Waals surface area contributed by atoms with Crippen LogP contribution in [0.25, 0.3) is 0 Å². The lowest BCUT2D eigenvalue weighted by molar-refractivity contribution is 0.0254. The van der Waals surface area contributed by atoms with E-state index in [1.165, 1.54) is 0 Å². The average molecular weight is 221 g/mol. The van der Waals surface area contributed by atoms with Gasteiger partial charge in [0, 0.05) is 11.6 Å². The van der Waals surface area contributed by atoms with Crippen molar-refractivity contribution in [3.8, 4) is 0 Å². The zero-order valence-corrected chi connectivity index (χ0v) is 10.9. The van der Waals surface area contributed by atoms with E-state index in [4.69, 9.17) is 0 Å². The molecule has 0 aromatic heterocycles. The van der Waals surface area contributed by atoms with Gasteiger partial charge in [-0.1, -0.05) is 30.3 Å². The summed E-state index contributed by atoms with van der Waals surface area (Å²) in [5.41, 5.74) is 1.04. The van der Waals surface area contributed by atoms with E-state index in [2.05, 4.69) is 39.6 Å². The van der Waals surface area contributed by atoms with E-state index in [9.17, 15) is 5.11 Å². The first-order valence-electron chi connectivity index (χ1n) is 5.80. The Balaban J connectivity index is 2.79. The van der Waals surface area contributed by atoms with Crippen molar-refractivity contribution >= 4 is 0 Å². The molecule has 0 unspecified atom stereocenters. The molecular formula is C14H23NO. The maximum atomic E-state index is 10.3. The van der Waals surface area contributed by atoms with Crippen molar-refractivity contribution in [2.24, 2.45) is 0 Å². The first kappa shape index (κ1) is 13.2.